The third-order valence-electron chi connectivity index (χ3n) is 5.51. The van der Waals surface area contributed by atoms with Crippen molar-refractivity contribution in [1.29, 1.82) is 0 Å². The smallest absolute Gasteiger partial charge is 0.306 e. The van der Waals surface area contributed by atoms with Crippen molar-refractivity contribution in [2.75, 3.05) is 27.3 Å². The third-order valence-corrected chi connectivity index (χ3v) is 5.51. The minimum absolute atomic E-state index is 0.120. The molecular weight excluding hydrogens is 356 g/mol. The molecule has 1 aliphatic rings. The number of piperidine rings is 1. The number of ether oxygens (including phenoxy) is 2. The summed E-state index contributed by atoms with van der Waals surface area (Å²) in [6.45, 7) is 3.49. The molecule has 28 heavy (non-hydrogen) atoms. The van der Waals surface area contributed by atoms with Crippen LogP contribution in [0.5, 0.6) is 11.5 Å². The average molecular weight is 384 g/mol. The van der Waals surface area contributed by atoms with Crippen LogP contribution in [0.4, 0.5) is 0 Å². The number of nitrogens with zero attached hydrogens (tertiary/aromatic N) is 2. The number of rotatable bonds is 7. The fourth-order valence-corrected chi connectivity index (χ4v) is 3.81. The molecule has 1 unspecified atom stereocenters. The van der Waals surface area contributed by atoms with Crippen molar-refractivity contribution in [3.63, 3.8) is 0 Å². The Morgan fingerprint density at radius 1 is 1.21 bits per heavy atom. The summed E-state index contributed by atoms with van der Waals surface area (Å²) in [5.41, 5.74) is 3.09. The Morgan fingerprint density at radius 2 is 1.96 bits per heavy atom. The van der Waals surface area contributed by atoms with Gasteiger partial charge in [0.15, 0.2) is 0 Å². The van der Waals surface area contributed by atoms with Gasteiger partial charge in [0, 0.05) is 11.8 Å². The Kier molecular flexibility index (Phi) is 6.52. The lowest BCUT2D eigenvalue weighted by atomic mass is 9.92. The summed E-state index contributed by atoms with van der Waals surface area (Å²) < 4.78 is 11.1. The van der Waals surface area contributed by atoms with Crippen molar-refractivity contribution in [2.45, 2.75) is 32.2 Å². The van der Waals surface area contributed by atoms with E-state index >= 15 is 0 Å². The number of hydrogen-bond donors (Lipinski definition) is 1. The van der Waals surface area contributed by atoms with E-state index in [1.807, 2.05) is 24.4 Å². The highest BCUT2D eigenvalue weighted by Crippen LogP contribution is 2.38. The van der Waals surface area contributed by atoms with E-state index < -0.39 is 5.97 Å². The molecule has 0 amide bonds. The summed E-state index contributed by atoms with van der Waals surface area (Å²) in [5, 5.41) is 9.34. The quantitative estimate of drug-likeness (QED) is 0.787. The third kappa shape index (κ3) is 4.28. The van der Waals surface area contributed by atoms with Gasteiger partial charge in [0.2, 0.25) is 0 Å². The van der Waals surface area contributed by atoms with E-state index in [2.05, 4.69) is 24.0 Å². The molecular formula is C22H28N2O4. The van der Waals surface area contributed by atoms with Crippen LogP contribution in [0.15, 0.2) is 36.5 Å². The Hall–Kier alpha value is -2.60. The minimum Gasteiger partial charge on any atom is -0.497 e. The zero-order valence-electron chi connectivity index (χ0n) is 16.7. The molecule has 3 rings (SSSR count). The van der Waals surface area contributed by atoms with Gasteiger partial charge in [0.25, 0.3) is 0 Å². The van der Waals surface area contributed by atoms with Crippen LogP contribution >= 0.6 is 0 Å². The Balaban J connectivity index is 2.01. The second-order valence-corrected chi connectivity index (χ2v) is 7.10. The largest absolute Gasteiger partial charge is 0.497 e. The minimum atomic E-state index is -0.708. The van der Waals surface area contributed by atoms with E-state index in [9.17, 15) is 9.90 Å². The first kappa shape index (κ1) is 20.1. The van der Waals surface area contributed by atoms with Crippen molar-refractivity contribution in [2.24, 2.45) is 5.92 Å². The molecule has 0 spiro atoms. The molecule has 1 fully saturated rings. The van der Waals surface area contributed by atoms with Crippen LogP contribution < -0.4 is 9.47 Å². The number of aliphatic carboxylic acids is 1. The van der Waals surface area contributed by atoms with Crippen molar-refractivity contribution >= 4 is 5.97 Å². The van der Waals surface area contributed by atoms with Crippen LogP contribution in [0.3, 0.4) is 0 Å². The zero-order chi connectivity index (χ0) is 20.1. The number of carbonyl (C=O) groups is 1. The molecule has 1 atom stereocenters. The van der Waals surface area contributed by atoms with Gasteiger partial charge in [-0.15, -0.1) is 0 Å². The first-order valence-electron chi connectivity index (χ1n) is 9.71. The second-order valence-electron chi connectivity index (χ2n) is 7.10. The van der Waals surface area contributed by atoms with Gasteiger partial charge in [-0.3, -0.25) is 14.7 Å². The Morgan fingerprint density at radius 3 is 2.50 bits per heavy atom. The lowest BCUT2D eigenvalue weighted by Crippen LogP contribution is -2.39. The highest BCUT2D eigenvalue weighted by Gasteiger charge is 2.32. The first-order chi connectivity index (χ1) is 13.6. The number of likely N-dealkylation sites (tertiary alicyclic amines) is 1. The number of benzene rings is 1. The number of aryl methyl sites for hydroxylation is 1. The number of carboxylic acids is 1. The highest BCUT2D eigenvalue weighted by atomic mass is 16.5. The summed E-state index contributed by atoms with van der Waals surface area (Å²) in [4.78, 5) is 18.4. The van der Waals surface area contributed by atoms with Crippen molar-refractivity contribution < 1.29 is 19.4 Å². The predicted molar refractivity (Wildman–Crippen MR) is 107 cm³/mol. The van der Waals surface area contributed by atoms with E-state index in [0.29, 0.717) is 25.9 Å². The van der Waals surface area contributed by atoms with Crippen molar-refractivity contribution in [3.05, 3.63) is 53.3 Å². The maximum absolute atomic E-state index is 11.4. The van der Waals surface area contributed by atoms with Gasteiger partial charge in [-0.2, -0.15) is 0 Å². The maximum atomic E-state index is 11.4. The van der Waals surface area contributed by atoms with Gasteiger partial charge in [0.1, 0.15) is 11.5 Å². The Bertz CT molecular complexity index is 799. The van der Waals surface area contributed by atoms with Crippen molar-refractivity contribution in [1.82, 2.24) is 9.88 Å². The van der Waals surface area contributed by atoms with Crippen LogP contribution in [0, 0.1) is 5.92 Å². The van der Waals surface area contributed by atoms with E-state index in [0.717, 1.165) is 29.2 Å². The Labute approximate surface area is 166 Å². The van der Waals surface area contributed by atoms with Crippen LogP contribution in [-0.4, -0.2) is 48.3 Å². The van der Waals surface area contributed by atoms with Crippen molar-refractivity contribution in [3.8, 4) is 11.5 Å². The molecule has 0 saturated carbocycles. The van der Waals surface area contributed by atoms with Crippen LogP contribution in [0.25, 0.3) is 0 Å². The molecule has 6 nitrogen and oxygen atoms in total. The molecule has 1 aromatic heterocycles. The van der Waals surface area contributed by atoms with Crippen LogP contribution in [-0.2, 0) is 11.2 Å². The SMILES string of the molecule is CCc1ccc(C(c2cc(OC)ccc2OC)N2CCC(C(=O)O)CC2)nc1. The van der Waals surface area contributed by atoms with Crippen LogP contribution in [0.2, 0.25) is 0 Å². The monoisotopic (exact) mass is 384 g/mol. The van der Waals surface area contributed by atoms with E-state index in [4.69, 9.17) is 14.5 Å². The lowest BCUT2D eigenvalue weighted by molar-refractivity contribution is -0.143. The molecule has 2 aromatic rings. The summed E-state index contributed by atoms with van der Waals surface area (Å²) in [7, 11) is 3.31. The summed E-state index contributed by atoms with van der Waals surface area (Å²) in [5.74, 6) is 0.541. The molecule has 0 aliphatic carbocycles. The number of hydrogen-bond acceptors (Lipinski definition) is 5. The highest BCUT2D eigenvalue weighted by molar-refractivity contribution is 5.70. The molecule has 0 bridgehead atoms. The number of carboxylic acid groups (broad SMARTS) is 1. The van der Waals surface area contributed by atoms with Gasteiger partial charge in [-0.25, -0.2) is 0 Å². The zero-order valence-corrected chi connectivity index (χ0v) is 16.7. The van der Waals surface area contributed by atoms with E-state index in [1.54, 1.807) is 14.2 Å². The average Bonchev–Trinajstić information content (AvgIpc) is 2.74. The molecule has 1 aliphatic heterocycles. The first-order valence-corrected chi connectivity index (χ1v) is 9.71. The number of aromatic nitrogens is 1. The van der Waals surface area contributed by atoms with E-state index in [-0.39, 0.29) is 12.0 Å². The van der Waals surface area contributed by atoms with Crippen LogP contribution in [0.1, 0.15) is 42.6 Å². The van der Waals surface area contributed by atoms with Gasteiger partial charge in [-0.05, 0) is 62.2 Å². The fourth-order valence-electron chi connectivity index (χ4n) is 3.81. The normalized spacial score (nSPS) is 16.5. The number of methoxy groups -OCH3 is 2. The maximum Gasteiger partial charge on any atom is 0.306 e. The van der Waals surface area contributed by atoms with E-state index in [1.165, 1.54) is 5.56 Å². The molecule has 1 saturated heterocycles. The molecule has 2 heterocycles. The molecule has 150 valence electrons. The van der Waals surface area contributed by atoms with Gasteiger partial charge in [0.05, 0.1) is 31.9 Å². The van der Waals surface area contributed by atoms with Gasteiger partial charge < -0.3 is 14.6 Å². The summed E-state index contributed by atoms with van der Waals surface area (Å²) >= 11 is 0. The van der Waals surface area contributed by atoms with Gasteiger partial charge >= 0.3 is 5.97 Å². The molecule has 6 heteroatoms. The lowest BCUT2D eigenvalue weighted by Gasteiger charge is -2.37. The predicted octanol–water partition coefficient (Wildman–Crippen LogP) is 3.55. The molecule has 1 N–H and O–H groups in total. The fraction of sp³-hybridized carbons (Fsp3) is 0.455. The number of pyridine rings is 1. The topological polar surface area (TPSA) is 71.9 Å². The molecule has 0 radical (unpaired) electrons. The second kappa shape index (κ2) is 9.06. The standard InChI is InChI=1S/C22H28N2O4/c1-4-15-5-7-19(23-14-15)21(24-11-9-16(10-12-24)22(25)26)18-13-17(27-2)6-8-20(18)28-3/h5-8,13-14,16,21H,4,9-12H2,1-3H3,(H,25,26). The molecule has 1 aromatic carbocycles. The summed E-state index contributed by atoms with van der Waals surface area (Å²) in [6.07, 6.45) is 4.11. The van der Waals surface area contributed by atoms with Gasteiger partial charge in [-0.1, -0.05) is 13.0 Å². The summed E-state index contributed by atoms with van der Waals surface area (Å²) in [6, 6.07) is 9.82.